The number of hydrogen-bond acceptors (Lipinski definition) is 1. The standard InChI is InChI=1S/C11H18O/c1-10-6-12-7-11(10,2)9-4-3-8(10)5-9/h8-9H,3-7H2,1-2H3/t8-,9+,10-,11+. The first kappa shape index (κ1) is 7.37. The molecule has 0 aromatic rings. The maximum absolute atomic E-state index is 5.70. The third kappa shape index (κ3) is 0.555. The Morgan fingerprint density at radius 2 is 1.50 bits per heavy atom. The summed E-state index contributed by atoms with van der Waals surface area (Å²) in [6.45, 7) is 6.99. The summed E-state index contributed by atoms with van der Waals surface area (Å²) in [6.07, 6.45) is 4.44. The highest BCUT2D eigenvalue weighted by atomic mass is 16.5. The first-order valence-electron chi connectivity index (χ1n) is 5.24. The molecule has 0 amide bonds. The van der Waals surface area contributed by atoms with E-state index in [9.17, 15) is 0 Å². The van der Waals surface area contributed by atoms with E-state index in [2.05, 4.69) is 13.8 Å². The third-order valence-electron chi connectivity index (χ3n) is 5.34. The van der Waals surface area contributed by atoms with Gasteiger partial charge in [-0.25, -0.2) is 0 Å². The van der Waals surface area contributed by atoms with Crippen LogP contribution in [-0.2, 0) is 4.74 Å². The van der Waals surface area contributed by atoms with Crippen LogP contribution in [0.3, 0.4) is 0 Å². The van der Waals surface area contributed by atoms with E-state index in [1.54, 1.807) is 0 Å². The van der Waals surface area contributed by atoms with Crippen LogP contribution in [0.5, 0.6) is 0 Å². The Bertz CT molecular complexity index is 203. The first-order chi connectivity index (χ1) is 5.67. The van der Waals surface area contributed by atoms with E-state index >= 15 is 0 Å². The van der Waals surface area contributed by atoms with Crippen LogP contribution in [0.2, 0.25) is 0 Å². The van der Waals surface area contributed by atoms with Gasteiger partial charge in [-0.05, 0) is 31.1 Å². The summed E-state index contributed by atoms with van der Waals surface area (Å²) >= 11 is 0. The Morgan fingerprint density at radius 3 is 2.00 bits per heavy atom. The van der Waals surface area contributed by atoms with Crippen molar-refractivity contribution in [3.05, 3.63) is 0 Å². The molecule has 3 aliphatic rings. The Hall–Kier alpha value is -0.0400. The molecule has 2 aliphatic carbocycles. The number of hydrogen-bond donors (Lipinski definition) is 0. The molecule has 1 saturated heterocycles. The highest BCUT2D eigenvalue weighted by Gasteiger charge is 2.65. The molecule has 0 radical (unpaired) electrons. The second-order valence-electron chi connectivity index (χ2n) is 5.53. The van der Waals surface area contributed by atoms with E-state index in [1.165, 1.54) is 19.3 Å². The highest BCUT2D eigenvalue weighted by Crippen LogP contribution is 2.68. The summed E-state index contributed by atoms with van der Waals surface area (Å²) in [6, 6.07) is 0. The van der Waals surface area contributed by atoms with E-state index in [0.29, 0.717) is 10.8 Å². The lowest BCUT2D eigenvalue weighted by molar-refractivity contribution is 0.0598. The topological polar surface area (TPSA) is 9.23 Å². The van der Waals surface area contributed by atoms with Crippen molar-refractivity contribution in [1.29, 1.82) is 0 Å². The van der Waals surface area contributed by atoms with Gasteiger partial charge >= 0.3 is 0 Å². The van der Waals surface area contributed by atoms with Gasteiger partial charge in [-0.3, -0.25) is 0 Å². The van der Waals surface area contributed by atoms with Gasteiger partial charge in [0.2, 0.25) is 0 Å². The Labute approximate surface area is 74.5 Å². The largest absolute Gasteiger partial charge is 0.380 e. The van der Waals surface area contributed by atoms with Crippen molar-refractivity contribution in [3.63, 3.8) is 0 Å². The minimum Gasteiger partial charge on any atom is -0.380 e. The van der Waals surface area contributed by atoms with Crippen LogP contribution in [0.25, 0.3) is 0 Å². The lowest BCUT2D eigenvalue weighted by Gasteiger charge is -2.42. The first-order valence-corrected chi connectivity index (χ1v) is 5.24. The van der Waals surface area contributed by atoms with Gasteiger partial charge < -0.3 is 4.74 Å². The molecule has 2 bridgehead atoms. The van der Waals surface area contributed by atoms with Crippen molar-refractivity contribution < 1.29 is 4.74 Å². The summed E-state index contributed by atoms with van der Waals surface area (Å²) < 4.78 is 5.70. The number of rotatable bonds is 0. The molecule has 2 saturated carbocycles. The van der Waals surface area contributed by atoms with Crippen LogP contribution in [0, 0.1) is 22.7 Å². The monoisotopic (exact) mass is 166 g/mol. The summed E-state index contributed by atoms with van der Waals surface area (Å²) in [5.74, 6) is 1.96. The van der Waals surface area contributed by atoms with Gasteiger partial charge in [-0.1, -0.05) is 13.8 Å². The van der Waals surface area contributed by atoms with E-state index in [-0.39, 0.29) is 0 Å². The van der Waals surface area contributed by atoms with Gasteiger partial charge in [-0.15, -0.1) is 0 Å². The second-order valence-corrected chi connectivity index (χ2v) is 5.53. The van der Waals surface area contributed by atoms with Gasteiger partial charge in [0.05, 0.1) is 13.2 Å². The molecular formula is C11H18O. The molecule has 1 heteroatoms. The quantitative estimate of drug-likeness (QED) is 0.537. The molecule has 1 aliphatic heterocycles. The zero-order valence-corrected chi connectivity index (χ0v) is 8.10. The zero-order valence-electron chi connectivity index (χ0n) is 8.10. The predicted octanol–water partition coefficient (Wildman–Crippen LogP) is 2.46. The lowest BCUT2D eigenvalue weighted by Crippen LogP contribution is -2.41. The van der Waals surface area contributed by atoms with Gasteiger partial charge in [0, 0.05) is 10.8 Å². The zero-order chi connectivity index (χ0) is 8.40. The van der Waals surface area contributed by atoms with Crippen LogP contribution in [0.1, 0.15) is 33.1 Å². The van der Waals surface area contributed by atoms with Gasteiger partial charge in [0.25, 0.3) is 0 Å². The Morgan fingerprint density at radius 1 is 1.00 bits per heavy atom. The molecule has 3 rings (SSSR count). The second kappa shape index (κ2) is 1.89. The molecule has 0 N–H and O–H groups in total. The van der Waals surface area contributed by atoms with E-state index < -0.39 is 0 Å². The van der Waals surface area contributed by atoms with Crippen molar-refractivity contribution in [2.24, 2.45) is 22.7 Å². The van der Waals surface area contributed by atoms with E-state index in [0.717, 1.165) is 25.0 Å². The maximum Gasteiger partial charge on any atom is 0.0528 e. The molecule has 0 unspecified atom stereocenters. The maximum atomic E-state index is 5.70. The van der Waals surface area contributed by atoms with E-state index in [1.807, 2.05) is 0 Å². The van der Waals surface area contributed by atoms with Crippen molar-refractivity contribution in [1.82, 2.24) is 0 Å². The molecule has 0 aromatic heterocycles. The molecule has 1 heterocycles. The van der Waals surface area contributed by atoms with Crippen molar-refractivity contribution in [2.45, 2.75) is 33.1 Å². The fraction of sp³-hybridized carbons (Fsp3) is 1.00. The molecule has 0 aromatic carbocycles. The lowest BCUT2D eigenvalue weighted by atomic mass is 9.60. The van der Waals surface area contributed by atoms with Gasteiger partial charge in [0.15, 0.2) is 0 Å². The van der Waals surface area contributed by atoms with Crippen molar-refractivity contribution in [3.8, 4) is 0 Å². The minimum atomic E-state index is 0.538. The molecule has 3 fully saturated rings. The molecular weight excluding hydrogens is 148 g/mol. The Kier molecular flexibility index (Phi) is 1.16. The van der Waals surface area contributed by atoms with Crippen LogP contribution in [0.4, 0.5) is 0 Å². The van der Waals surface area contributed by atoms with Crippen LogP contribution >= 0.6 is 0 Å². The van der Waals surface area contributed by atoms with Crippen molar-refractivity contribution >= 4 is 0 Å². The summed E-state index contributed by atoms with van der Waals surface area (Å²) in [5, 5.41) is 0. The summed E-state index contributed by atoms with van der Waals surface area (Å²) in [4.78, 5) is 0. The molecule has 68 valence electrons. The van der Waals surface area contributed by atoms with Crippen LogP contribution in [-0.4, -0.2) is 13.2 Å². The fourth-order valence-corrected chi connectivity index (χ4v) is 4.11. The molecule has 12 heavy (non-hydrogen) atoms. The van der Waals surface area contributed by atoms with E-state index in [4.69, 9.17) is 4.74 Å². The number of ether oxygens (including phenoxy) is 1. The fourth-order valence-electron chi connectivity index (χ4n) is 4.11. The SMILES string of the molecule is C[C@@]12COC[C@]1(C)[C@@H]1CC[C@H]2C1. The smallest absolute Gasteiger partial charge is 0.0528 e. The molecule has 1 nitrogen and oxygen atoms in total. The average molecular weight is 166 g/mol. The number of fused-ring (bicyclic) bond motifs is 5. The Balaban J connectivity index is 2.08. The highest BCUT2D eigenvalue weighted by molar-refractivity contribution is 5.13. The predicted molar refractivity (Wildman–Crippen MR) is 47.9 cm³/mol. The van der Waals surface area contributed by atoms with Crippen LogP contribution < -0.4 is 0 Å². The molecule has 4 atom stereocenters. The molecule has 0 spiro atoms. The summed E-state index contributed by atoms with van der Waals surface area (Å²) in [7, 11) is 0. The summed E-state index contributed by atoms with van der Waals surface area (Å²) in [5.41, 5.74) is 1.08. The average Bonchev–Trinajstić information content (AvgIpc) is 2.61. The van der Waals surface area contributed by atoms with Crippen LogP contribution in [0.15, 0.2) is 0 Å². The normalized spacial score (nSPS) is 62.5. The minimum absolute atomic E-state index is 0.538. The van der Waals surface area contributed by atoms with Crippen molar-refractivity contribution in [2.75, 3.05) is 13.2 Å². The van der Waals surface area contributed by atoms with Gasteiger partial charge in [0.1, 0.15) is 0 Å². The van der Waals surface area contributed by atoms with Gasteiger partial charge in [-0.2, -0.15) is 0 Å². The third-order valence-corrected chi connectivity index (χ3v) is 5.34.